The number of hydrogen-bond donors (Lipinski definition) is 1. The van der Waals surface area contributed by atoms with Gasteiger partial charge in [-0.3, -0.25) is 0 Å². The third-order valence-corrected chi connectivity index (χ3v) is 3.63. The van der Waals surface area contributed by atoms with Gasteiger partial charge in [0.2, 0.25) is 0 Å². The summed E-state index contributed by atoms with van der Waals surface area (Å²) in [5, 5.41) is 3.56. The van der Waals surface area contributed by atoms with Crippen molar-refractivity contribution in [3.63, 3.8) is 0 Å². The molecular formula is C17H25NO. The summed E-state index contributed by atoms with van der Waals surface area (Å²) < 4.78 is 5.91. The molecule has 1 N–H and O–H groups in total. The van der Waals surface area contributed by atoms with Gasteiger partial charge in [0.25, 0.3) is 0 Å². The zero-order valence-electron chi connectivity index (χ0n) is 11.9. The van der Waals surface area contributed by atoms with E-state index in [-0.39, 0.29) is 0 Å². The van der Waals surface area contributed by atoms with Crippen LogP contribution < -0.4 is 10.1 Å². The van der Waals surface area contributed by atoms with Gasteiger partial charge in [0.1, 0.15) is 12.4 Å². The average molecular weight is 259 g/mol. The van der Waals surface area contributed by atoms with Crippen LogP contribution in [-0.4, -0.2) is 19.2 Å². The van der Waals surface area contributed by atoms with Crippen LogP contribution in [0.1, 0.15) is 39.0 Å². The molecule has 0 aromatic heterocycles. The Morgan fingerprint density at radius 2 is 2.00 bits per heavy atom. The molecule has 1 aromatic rings. The minimum atomic E-state index is 0.364. The summed E-state index contributed by atoms with van der Waals surface area (Å²) in [5.74, 6) is 0.958. The van der Waals surface area contributed by atoms with Crippen molar-refractivity contribution < 1.29 is 4.74 Å². The molecule has 2 heteroatoms. The van der Waals surface area contributed by atoms with Gasteiger partial charge >= 0.3 is 0 Å². The smallest absolute Gasteiger partial charge is 0.119 e. The number of para-hydroxylation sites is 1. The SMILES string of the molecule is CCNC(COc1ccccc1)C1=CCCCCC1. The van der Waals surface area contributed by atoms with E-state index < -0.39 is 0 Å². The molecule has 0 heterocycles. The lowest BCUT2D eigenvalue weighted by molar-refractivity contribution is 0.280. The van der Waals surface area contributed by atoms with Gasteiger partial charge in [-0.25, -0.2) is 0 Å². The number of ether oxygens (including phenoxy) is 1. The molecule has 19 heavy (non-hydrogen) atoms. The van der Waals surface area contributed by atoms with Gasteiger partial charge in [-0.1, -0.05) is 43.2 Å². The van der Waals surface area contributed by atoms with E-state index in [2.05, 4.69) is 18.3 Å². The lowest BCUT2D eigenvalue weighted by Gasteiger charge is -2.21. The number of likely N-dealkylation sites (N-methyl/N-ethyl adjacent to an activating group) is 1. The number of benzene rings is 1. The molecule has 0 saturated heterocycles. The van der Waals surface area contributed by atoms with Crippen LogP contribution in [0, 0.1) is 0 Å². The first kappa shape index (κ1) is 14.1. The Labute approximate surface area is 116 Å². The Kier molecular flexibility index (Phi) is 5.96. The van der Waals surface area contributed by atoms with E-state index in [0.717, 1.165) is 18.9 Å². The maximum atomic E-state index is 5.91. The lowest BCUT2D eigenvalue weighted by atomic mass is 10.0. The van der Waals surface area contributed by atoms with Crippen molar-refractivity contribution in [3.8, 4) is 5.75 Å². The normalized spacial score (nSPS) is 17.4. The monoisotopic (exact) mass is 259 g/mol. The van der Waals surface area contributed by atoms with E-state index in [1.165, 1.54) is 37.7 Å². The van der Waals surface area contributed by atoms with Gasteiger partial charge in [0.15, 0.2) is 0 Å². The van der Waals surface area contributed by atoms with E-state index in [1.54, 1.807) is 0 Å². The Hall–Kier alpha value is -1.28. The Morgan fingerprint density at radius 1 is 1.16 bits per heavy atom. The summed E-state index contributed by atoms with van der Waals surface area (Å²) in [6.07, 6.45) is 8.88. The van der Waals surface area contributed by atoms with Crippen LogP contribution in [-0.2, 0) is 0 Å². The zero-order chi connectivity index (χ0) is 13.3. The molecule has 1 aromatic carbocycles. The van der Waals surface area contributed by atoms with Crippen LogP contribution in [0.3, 0.4) is 0 Å². The van der Waals surface area contributed by atoms with E-state index in [0.29, 0.717) is 6.04 Å². The van der Waals surface area contributed by atoms with Gasteiger partial charge in [-0.15, -0.1) is 0 Å². The molecule has 0 spiro atoms. The van der Waals surface area contributed by atoms with Gasteiger partial charge in [-0.2, -0.15) is 0 Å². The van der Waals surface area contributed by atoms with Crippen LogP contribution >= 0.6 is 0 Å². The molecule has 0 amide bonds. The first-order valence-corrected chi connectivity index (χ1v) is 7.50. The van der Waals surface area contributed by atoms with Crippen molar-refractivity contribution in [3.05, 3.63) is 42.0 Å². The maximum Gasteiger partial charge on any atom is 0.119 e. The lowest BCUT2D eigenvalue weighted by Crippen LogP contribution is -2.36. The standard InChI is InChI=1S/C17H25NO/c1-2-18-17(15-10-6-3-4-7-11-15)14-19-16-12-8-5-9-13-16/h5,8-10,12-13,17-18H,2-4,6-7,11,14H2,1H3. The van der Waals surface area contributed by atoms with Crippen LogP contribution in [0.15, 0.2) is 42.0 Å². The predicted molar refractivity (Wildman–Crippen MR) is 80.6 cm³/mol. The summed E-state index contributed by atoms with van der Waals surface area (Å²) >= 11 is 0. The number of allylic oxidation sites excluding steroid dienone is 1. The molecule has 2 rings (SSSR count). The molecule has 0 saturated carbocycles. The van der Waals surface area contributed by atoms with Crippen molar-refractivity contribution >= 4 is 0 Å². The van der Waals surface area contributed by atoms with Gasteiger partial charge < -0.3 is 10.1 Å². The molecule has 0 radical (unpaired) electrons. The van der Waals surface area contributed by atoms with E-state index in [9.17, 15) is 0 Å². The molecule has 1 atom stereocenters. The maximum absolute atomic E-state index is 5.91. The molecule has 1 aliphatic carbocycles. The minimum Gasteiger partial charge on any atom is -0.492 e. The van der Waals surface area contributed by atoms with Crippen molar-refractivity contribution in [2.45, 2.75) is 45.1 Å². The molecule has 0 fully saturated rings. The second kappa shape index (κ2) is 8.00. The van der Waals surface area contributed by atoms with Crippen molar-refractivity contribution in [1.29, 1.82) is 0 Å². The van der Waals surface area contributed by atoms with Crippen molar-refractivity contribution in [2.75, 3.05) is 13.2 Å². The number of hydrogen-bond acceptors (Lipinski definition) is 2. The number of rotatable bonds is 6. The van der Waals surface area contributed by atoms with E-state index in [1.807, 2.05) is 30.3 Å². The summed E-state index contributed by atoms with van der Waals surface area (Å²) in [4.78, 5) is 0. The van der Waals surface area contributed by atoms with E-state index in [4.69, 9.17) is 4.74 Å². The molecule has 0 bridgehead atoms. The Bertz CT molecular complexity index is 386. The molecule has 104 valence electrons. The fourth-order valence-corrected chi connectivity index (χ4v) is 2.60. The third-order valence-electron chi connectivity index (χ3n) is 3.63. The van der Waals surface area contributed by atoms with Crippen LogP contribution in [0.2, 0.25) is 0 Å². The average Bonchev–Trinajstić information content (AvgIpc) is 2.73. The summed E-state index contributed by atoms with van der Waals surface area (Å²) in [6.45, 7) is 3.87. The van der Waals surface area contributed by atoms with Crippen LogP contribution in [0.5, 0.6) is 5.75 Å². The number of nitrogens with one attached hydrogen (secondary N) is 1. The fraction of sp³-hybridized carbons (Fsp3) is 0.529. The summed E-state index contributed by atoms with van der Waals surface area (Å²) in [5.41, 5.74) is 1.54. The van der Waals surface area contributed by atoms with Gasteiger partial charge in [0.05, 0.1) is 6.04 Å². The van der Waals surface area contributed by atoms with Gasteiger partial charge in [0, 0.05) is 0 Å². The van der Waals surface area contributed by atoms with Crippen LogP contribution in [0.4, 0.5) is 0 Å². The minimum absolute atomic E-state index is 0.364. The topological polar surface area (TPSA) is 21.3 Å². The fourth-order valence-electron chi connectivity index (χ4n) is 2.60. The highest BCUT2D eigenvalue weighted by Crippen LogP contribution is 2.20. The molecule has 0 aliphatic heterocycles. The van der Waals surface area contributed by atoms with Crippen molar-refractivity contribution in [1.82, 2.24) is 5.32 Å². The third kappa shape index (κ3) is 4.71. The first-order valence-electron chi connectivity index (χ1n) is 7.50. The second-order valence-electron chi connectivity index (χ2n) is 5.11. The quantitative estimate of drug-likeness (QED) is 0.781. The van der Waals surface area contributed by atoms with Crippen LogP contribution in [0.25, 0.3) is 0 Å². The molecule has 2 nitrogen and oxygen atoms in total. The van der Waals surface area contributed by atoms with Gasteiger partial charge in [-0.05, 0) is 44.4 Å². The molecule has 1 unspecified atom stereocenters. The molecule has 1 aliphatic rings. The first-order chi connectivity index (χ1) is 9.40. The zero-order valence-corrected chi connectivity index (χ0v) is 11.9. The highest BCUT2D eigenvalue weighted by Gasteiger charge is 2.15. The highest BCUT2D eigenvalue weighted by molar-refractivity contribution is 5.21. The second-order valence-corrected chi connectivity index (χ2v) is 5.11. The van der Waals surface area contributed by atoms with Crippen molar-refractivity contribution in [2.24, 2.45) is 0 Å². The molecular weight excluding hydrogens is 234 g/mol. The predicted octanol–water partition coefficient (Wildman–Crippen LogP) is 3.93. The highest BCUT2D eigenvalue weighted by atomic mass is 16.5. The Balaban J connectivity index is 1.93. The van der Waals surface area contributed by atoms with E-state index >= 15 is 0 Å². The largest absolute Gasteiger partial charge is 0.492 e. The summed E-state index contributed by atoms with van der Waals surface area (Å²) in [7, 11) is 0. The summed E-state index contributed by atoms with van der Waals surface area (Å²) in [6, 6.07) is 10.4. The Morgan fingerprint density at radius 3 is 2.79 bits per heavy atom.